The minimum absolute atomic E-state index is 0. The summed E-state index contributed by atoms with van der Waals surface area (Å²) in [5.41, 5.74) is 4.34. The van der Waals surface area contributed by atoms with Crippen molar-refractivity contribution >= 4 is 23.9 Å². The third-order valence-corrected chi connectivity index (χ3v) is 3.56. The summed E-state index contributed by atoms with van der Waals surface area (Å²) in [6, 6.07) is 6.60. The molecule has 2 nitrogen and oxygen atoms in total. The molecule has 3 heteroatoms. The molecule has 0 bridgehead atoms. The van der Waals surface area contributed by atoms with Gasteiger partial charge in [-0.3, -0.25) is 4.99 Å². The topological polar surface area (TPSA) is 24.4 Å². The first-order chi connectivity index (χ1) is 7.83. The van der Waals surface area contributed by atoms with Crippen LogP contribution in [0.3, 0.4) is 0 Å². The summed E-state index contributed by atoms with van der Waals surface area (Å²) in [6.45, 7) is 3.24. The van der Waals surface area contributed by atoms with Gasteiger partial charge in [0, 0.05) is 18.7 Å². The van der Waals surface area contributed by atoms with Gasteiger partial charge in [-0.1, -0.05) is 19.1 Å². The number of amidine groups is 1. The third kappa shape index (κ3) is 2.47. The maximum atomic E-state index is 4.54. The molecular weight excluding hydrogens is 232 g/mol. The Balaban J connectivity index is 0.00000108. The maximum absolute atomic E-state index is 4.54. The van der Waals surface area contributed by atoms with Crippen molar-refractivity contribution in [3.05, 3.63) is 29.3 Å². The van der Waals surface area contributed by atoms with Crippen molar-refractivity contribution in [1.82, 2.24) is 0 Å². The van der Waals surface area contributed by atoms with Crippen LogP contribution in [0.25, 0.3) is 0 Å². The number of fused-ring (bicyclic) bond motifs is 1. The summed E-state index contributed by atoms with van der Waals surface area (Å²) in [6.07, 6.45) is 4.87. The summed E-state index contributed by atoms with van der Waals surface area (Å²) in [7, 11) is 0. The van der Waals surface area contributed by atoms with E-state index in [0.717, 1.165) is 13.0 Å². The van der Waals surface area contributed by atoms with Gasteiger partial charge in [-0.2, -0.15) is 0 Å². The standard InChI is InChI=1S/C14H18N2.ClH/c1-10-8-14(15-9-10)16-13-7-3-5-11-4-2-6-12(11)13;/h3,5,7,10H,2,4,6,8-9H2,1H3,(H,15,16);1H. The fourth-order valence-corrected chi connectivity index (χ4v) is 2.71. The lowest BCUT2D eigenvalue weighted by Crippen LogP contribution is -2.11. The normalized spacial score (nSPS) is 21.7. The molecule has 0 saturated carbocycles. The van der Waals surface area contributed by atoms with E-state index in [0.29, 0.717) is 5.92 Å². The second-order valence-corrected chi connectivity index (χ2v) is 5.02. The minimum Gasteiger partial charge on any atom is -0.344 e. The number of nitrogens with zero attached hydrogens (tertiary/aromatic N) is 1. The van der Waals surface area contributed by atoms with E-state index in [1.54, 1.807) is 0 Å². The van der Waals surface area contributed by atoms with Gasteiger partial charge in [-0.05, 0) is 42.4 Å². The molecule has 1 aromatic carbocycles. The molecule has 0 amide bonds. The number of halogens is 1. The van der Waals surface area contributed by atoms with Gasteiger partial charge in [0.1, 0.15) is 5.84 Å². The van der Waals surface area contributed by atoms with Crippen molar-refractivity contribution in [3.63, 3.8) is 0 Å². The van der Waals surface area contributed by atoms with Crippen molar-refractivity contribution < 1.29 is 0 Å². The van der Waals surface area contributed by atoms with Gasteiger partial charge in [0.15, 0.2) is 0 Å². The van der Waals surface area contributed by atoms with Crippen LogP contribution < -0.4 is 5.32 Å². The summed E-state index contributed by atoms with van der Waals surface area (Å²) >= 11 is 0. The zero-order valence-electron chi connectivity index (χ0n) is 10.2. The molecule has 0 spiro atoms. The Hall–Kier alpha value is -1.02. The first kappa shape index (κ1) is 12.4. The highest BCUT2D eigenvalue weighted by molar-refractivity contribution is 5.97. The van der Waals surface area contributed by atoms with E-state index >= 15 is 0 Å². The fraction of sp³-hybridized carbons (Fsp3) is 0.500. The minimum atomic E-state index is 0. The molecule has 1 aliphatic carbocycles. The second kappa shape index (κ2) is 5.09. The van der Waals surface area contributed by atoms with Crippen LogP contribution in [0.4, 0.5) is 5.69 Å². The highest BCUT2D eigenvalue weighted by Gasteiger charge is 2.18. The molecule has 17 heavy (non-hydrogen) atoms. The van der Waals surface area contributed by atoms with Gasteiger partial charge in [0.05, 0.1) is 0 Å². The van der Waals surface area contributed by atoms with Crippen LogP contribution in [-0.2, 0) is 12.8 Å². The molecule has 92 valence electrons. The van der Waals surface area contributed by atoms with Crippen LogP contribution in [0.15, 0.2) is 23.2 Å². The predicted octanol–water partition coefficient (Wildman–Crippen LogP) is 3.45. The molecule has 1 heterocycles. The molecule has 1 unspecified atom stereocenters. The molecule has 1 aliphatic heterocycles. The van der Waals surface area contributed by atoms with E-state index < -0.39 is 0 Å². The fourth-order valence-electron chi connectivity index (χ4n) is 2.71. The predicted molar refractivity (Wildman–Crippen MR) is 75.4 cm³/mol. The molecule has 3 rings (SSSR count). The Morgan fingerprint density at radius 2 is 2.18 bits per heavy atom. The van der Waals surface area contributed by atoms with Crippen molar-refractivity contribution in [3.8, 4) is 0 Å². The molecule has 0 radical (unpaired) electrons. The van der Waals surface area contributed by atoms with E-state index in [-0.39, 0.29) is 12.4 Å². The number of aliphatic imine (C=N–C) groups is 1. The average molecular weight is 251 g/mol. The Labute approximate surface area is 109 Å². The first-order valence-electron chi connectivity index (χ1n) is 6.24. The molecule has 0 fully saturated rings. The van der Waals surface area contributed by atoms with E-state index in [4.69, 9.17) is 0 Å². The van der Waals surface area contributed by atoms with Crippen LogP contribution in [0, 0.1) is 5.92 Å². The van der Waals surface area contributed by atoms with Crippen LogP contribution in [0.2, 0.25) is 0 Å². The van der Waals surface area contributed by atoms with Crippen LogP contribution >= 0.6 is 12.4 Å². The van der Waals surface area contributed by atoms with E-state index in [9.17, 15) is 0 Å². The third-order valence-electron chi connectivity index (χ3n) is 3.56. The monoisotopic (exact) mass is 250 g/mol. The lowest BCUT2D eigenvalue weighted by Gasteiger charge is -2.11. The van der Waals surface area contributed by atoms with Gasteiger partial charge < -0.3 is 5.32 Å². The maximum Gasteiger partial charge on any atom is 0.101 e. The number of nitrogens with one attached hydrogen (secondary N) is 1. The molecule has 2 aliphatic rings. The average Bonchev–Trinajstić information content (AvgIpc) is 2.87. The van der Waals surface area contributed by atoms with Crippen molar-refractivity contribution in [2.75, 3.05) is 11.9 Å². The van der Waals surface area contributed by atoms with E-state index in [1.807, 2.05) is 0 Å². The van der Waals surface area contributed by atoms with E-state index in [1.165, 1.54) is 41.9 Å². The zero-order chi connectivity index (χ0) is 11.0. The highest BCUT2D eigenvalue weighted by atomic mass is 35.5. The Morgan fingerprint density at radius 3 is 2.94 bits per heavy atom. The molecule has 1 atom stereocenters. The van der Waals surface area contributed by atoms with Crippen LogP contribution in [0.1, 0.15) is 30.9 Å². The number of aryl methyl sites for hydroxylation is 1. The van der Waals surface area contributed by atoms with Crippen molar-refractivity contribution in [2.45, 2.75) is 32.6 Å². The largest absolute Gasteiger partial charge is 0.344 e. The smallest absolute Gasteiger partial charge is 0.101 e. The summed E-state index contributed by atoms with van der Waals surface area (Å²) in [5, 5.41) is 3.52. The number of rotatable bonds is 1. The molecule has 0 saturated heterocycles. The molecular formula is C14H19ClN2. The van der Waals surface area contributed by atoms with Gasteiger partial charge in [-0.15, -0.1) is 12.4 Å². The Morgan fingerprint density at radius 1 is 1.29 bits per heavy atom. The van der Waals surface area contributed by atoms with Gasteiger partial charge >= 0.3 is 0 Å². The number of hydrogen-bond acceptors (Lipinski definition) is 2. The lowest BCUT2D eigenvalue weighted by molar-refractivity contribution is 0.664. The highest BCUT2D eigenvalue weighted by Crippen LogP contribution is 2.29. The number of benzene rings is 1. The Bertz CT molecular complexity index is 440. The molecule has 0 aromatic heterocycles. The Kier molecular flexibility index (Phi) is 3.72. The van der Waals surface area contributed by atoms with Crippen molar-refractivity contribution in [1.29, 1.82) is 0 Å². The summed E-state index contributed by atoms with van der Waals surface area (Å²) in [4.78, 5) is 4.54. The van der Waals surface area contributed by atoms with Gasteiger partial charge in [0.2, 0.25) is 0 Å². The molecule has 1 aromatic rings. The molecule has 1 N–H and O–H groups in total. The van der Waals surface area contributed by atoms with Gasteiger partial charge in [-0.25, -0.2) is 0 Å². The van der Waals surface area contributed by atoms with E-state index in [2.05, 4.69) is 35.4 Å². The summed E-state index contributed by atoms with van der Waals surface area (Å²) < 4.78 is 0. The van der Waals surface area contributed by atoms with Gasteiger partial charge in [0.25, 0.3) is 0 Å². The quantitative estimate of drug-likeness (QED) is 0.811. The van der Waals surface area contributed by atoms with Crippen LogP contribution in [0.5, 0.6) is 0 Å². The number of hydrogen-bond donors (Lipinski definition) is 1. The SMILES string of the molecule is CC1CN=C(Nc2cccc3c2CCC3)C1.Cl. The summed E-state index contributed by atoms with van der Waals surface area (Å²) in [5.74, 6) is 1.88. The lowest BCUT2D eigenvalue weighted by atomic mass is 10.1. The van der Waals surface area contributed by atoms with Crippen LogP contribution in [-0.4, -0.2) is 12.4 Å². The zero-order valence-corrected chi connectivity index (χ0v) is 11.0. The number of anilines is 1. The second-order valence-electron chi connectivity index (χ2n) is 5.02. The van der Waals surface area contributed by atoms with Crippen molar-refractivity contribution in [2.24, 2.45) is 10.9 Å². The first-order valence-corrected chi connectivity index (χ1v) is 6.24.